The second-order valence-corrected chi connectivity index (χ2v) is 18.5. The van der Waals surface area contributed by atoms with E-state index in [-0.39, 0.29) is 18.3 Å². The van der Waals surface area contributed by atoms with E-state index in [0.29, 0.717) is 24.1 Å². The molecule has 0 radical (unpaired) electrons. The fraction of sp³-hybridized carbons (Fsp3) is 0.605. The molecular formula is C43H42F27N3O10. The number of esters is 2. The first-order chi connectivity index (χ1) is 36.2. The van der Waals surface area contributed by atoms with Gasteiger partial charge in [-0.25, -0.2) is 19.2 Å². The molecule has 1 saturated carbocycles. The fourth-order valence-corrected chi connectivity index (χ4v) is 5.98. The summed E-state index contributed by atoms with van der Waals surface area (Å²) in [5, 5.41) is 34.9. The highest BCUT2D eigenvalue weighted by Gasteiger charge is 2.75. The zero-order valence-corrected chi connectivity index (χ0v) is 42.0. The Morgan fingerprint density at radius 2 is 0.928 bits per heavy atom. The minimum atomic E-state index is -6.14. The number of allylic oxidation sites excluding steroid dienone is 2. The Morgan fingerprint density at radius 3 is 1.18 bits per heavy atom. The molecule has 2 aliphatic carbocycles. The Bertz CT molecular complexity index is 2410. The quantitative estimate of drug-likeness (QED) is 0.0518. The van der Waals surface area contributed by atoms with Gasteiger partial charge in [-0.05, 0) is 77.7 Å². The summed E-state index contributed by atoms with van der Waals surface area (Å²) in [4.78, 5) is 42.0. The molecule has 40 heteroatoms. The van der Waals surface area contributed by atoms with E-state index in [4.69, 9.17) is 26.4 Å². The highest BCUT2D eigenvalue weighted by atomic mass is 19.5. The number of ether oxygens (including phenoxy) is 4. The van der Waals surface area contributed by atoms with Crippen LogP contribution in [0.3, 0.4) is 0 Å². The molecule has 2 bridgehead atoms. The molecule has 3 atom stereocenters. The van der Waals surface area contributed by atoms with Crippen LogP contribution in [0.15, 0.2) is 43.0 Å². The number of hydrogen-bond donors (Lipinski definition) is 5. The summed E-state index contributed by atoms with van der Waals surface area (Å²) in [7, 11) is 0. The van der Waals surface area contributed by atoms with Crippen molar-refractivity contribution in [3.8, 4) is 0 Å². The first kappa shape index (κ1) is 78.5. The number of carboxylic acids is 1. The van der Waals surface area contributed by atoms with E-state index >= 15 is 0 Å². The van der Waals surface area contributed by atoms with Crippen LogP contribution in [0.2, 0.25) is 0 Å². The lowest BCUT2D eigenvalue weighted by molar-refractivity contribution is -0.376. The fourth-order valence-electron chi connectivity index (χ4n) is 5.98. The second kappa shape index (κ2) is 27.0. The van der Waals surface area contributed by atoms with Crippen LogP contribution in [-0.4, -0.2) is 130 Å². The molecule has 0 aliphatic heterocycles. The maximum Gasteiger partial charge on any atom is 0.510 e. The number of hydrogen-bond acceptors (Lipinski definition) is 12. The molecule has 0 spiro atoms. The average molecular weight is 1270 g/mol. The lowest BCUT2D eigenvalue weighted by Gasteiger charge is -2.39. The lowest BCUT2D eigenvalue weighted by Crippen LogP contribution is -2.61. The first-order valence-corrected chi connectivity index (χ1v) is 21.4. The Labute approximate surface area is 447 Å². The number of benzene rings is 1. The van der Waals surface area contributed by atoms with Crippen molar-refractivity contribution in [2.75, 3.05) is 0 Å². The van der Waals surface area contributed by atoms with Gasteiger partial charge in [-0.2, -0.15) is 119 Å². The molecule has 3 rings (SSSR count). The molecule has 3 unspecified atom stereocenters. The van der Waals surface area contributed by atoms with Gasteiger partial charge in [-0.3, -0.25) is 16.2 Å². The third-order valence-corrected chi connectivity index (χ3v) is 9.60. The molecule has 2 aliphatic rings. The molecule has 0 amide bonds. The first-order valence-electron chi connectivity index (χ1n) is 21.4. The lowest BCUT2D eigenvalue weighted by atomic mass is 9.81. The van der Waals surface area contributed by atoms with Crippen molar-refractivity contribution >= 4 is 47.3 Å². The van der Waals surface area contributed by atoms with Crippen LogP contribution in [0.25, 0.3) is 6.08 Å². The van der Waals surface area contributed by atoms with Crippen molar-refractivity contribution < 1.29 is 167 Å². The van der Waals surface area contributed by atoms with Gasteiger partial charge in [0.15, 0.2) is 0 Å². The van der Waals surface area contributed by atoms with Crippen LogP contribution in [0, 0.1) is 34.0 Å². The van der Waals surface area contributed by atoms with Gasteiger partial charge >= 0.3 is 85.3 Å². The average Bonchev–Trinajstić information content (AvgIpc) is 3.87. The molecule has 1 fully saturated rings. The van der Waals surface area contributed by atoms with E-state index < -0.39 is 143 Å². The number of nitrogens with one attached hydrogen (secondary N) is 3. The van der Waals surface area contributed by atoms with Crippen molar-refractivity contribution in [2.45, 2.75) is 145 Å². The van der Waals surface area contributed by atoms with Gasteiger partial charge in [-0.15, -0.1) is 0 Å². The van der Waals surface area contributed by atoms with Crippen molar-refractivity contribution in [1.29, 1.82) is 16.2 Å². The second-order valence-electron chi connectivity index (χ2n) is 18.5. The predicted octanol–water partition coefficient (Wildman–Crippen LogP) is 14.2. The van der Waals surface area contributed by atoms with E-state index in [1.54, 1.807) is 12.2 Å². The van der Waals surface area contributed by atoms with Crippen molar-refractivity contribution in [3.05, 3.63) is 54.1 Å². The van der Waals surface area contributed by atoms with Crippen molar-refractivity contribution in [3.63, 3.8) is 0 Å². The van der Waals surface area contributed by atoms with E-state index in [1.807, 2.05) is 0 Å². The summed E-state index contributed by atoms with van der Waals surface area (Å²) < 4.78 is 346. The number of fused-ring (bicyclic) bond motifs is 2. The molecule has 0 aromatic heterocycles. The predicted molar refractivity (Wildman–Crippen MR) is 225 cm³/mol. The summed E-state index contributed by atoms with van der Waals surface area (Å²) in [6, 6.07) is 3.14. The van der Waals surface area contributed by atoms with Crippen LogP contribution in [0.5, 0.6) is 0 Å². The maximum atomic E-state index is 13.5. The molecule has 478 valence electrons. The minimum Gasteiger partial charge on any atom is -0.477 e. The molecule has 1 aromatic rings. The van der Waals surface area contributed by atoms with Gasteiger partial charge in [0, 0.05) is 12.0 Å². The smallest absolute Gasteiger partial charge is 0.477 e. The normalized spacial score (nSPS) is 17.1. The summed E-state index contributed by atoms with van der Waals surface area (Å²) in [6.45, 7) is 11.5. The molecule has 83 heavy (non-hydrogen) atoms. The Balaban J connectivity index is 0. The molecule has 0 heterocycles. The van der Waals surface area contributed by atoms with Crippen molar-refractivity contribution in [2.24, 2.45) is 17.8 Å². The molecule has 1 aromatic carbocycles. The standard InChI is InChI=1S/C16H20F6O3.C11H8F6O.C7H10F3NO2.C6H2F9NO2.C3H2F3NO2/c1-13(2,3)24-12(23)25-14(15(17,18)19,16(20,21)22)8-11-7-9-4-5-10(11)6-9;1-2-7-3-5-8(6-4-7)9(18,10(12,13)14)11(15,16)17;1-6(2,3)13-5(12)4(11)7(8,9)10;7-4(8,9)1(16)2(17)18-3(5(10,11)12)6(13,14)15;4-3(5,6)1(7)2(8)9/h4-5,9-11H,6-8H2,1-3H3;2-6,18H,1H2;11H,1-3H3;3,16H;7H,(H,8,9). The van der Waals surface area contributed by atoms with E-state index in [2.05, 4.69) is 25.5 Å². The van der Waals surface area contributed by atoms with Gasteiger partial charge in [0.25, 0.3) is 11.7 Å². The SMILES string of the molecule is C=Cc1ccc(C(O)(C(F)(F)F)C(F)(F)F)cc1.CC(C)(C)OC(=O)C(=N)C(F)(F)F.CC(C)(C)OC(=O)OC(CC1CC2C=CC1C2)(C(F)(F)F)C(F)(F)F.N=C(C(=O)O)C(F)(F)F.N=C(C(=O)OC(C(F)(F)F)C(F)(F)F)C(F)(F)F. The minimum absolute atomic E-state index is 0.0179. The highest BCUT2D eigenvalue weighted by Crippen LogP contribution is 2.55. The number of carboxylic acid groups (broad SMARTS) is 1. The number of halogens is 27. The van der Waals surface area contributed by atoms with Gasteiger partial charge < -0.3 is 29.2 Å². The molecular weight excluding hydrogens is 1230 g/mol. The Hall–Kier alpha value is -6.54. The van der Waals surface area contributed by atoms with Gasteiger partial charge in [-0.1, -0.05) is 49.1 Å². The van der Waals surface area contributed by atoms with E-state index in [1.165, 1.54) is 47.6 Å². The van der Waals surface area contributed by atoms with Crippen molar-refractivity contribution in [1.82, 2.24) is 0 Å². The third-order valence-electron chi connectivity index (χ3n) is 9.60. The van der Waals surface area contributed by atoms with E-state index in [0.717, 1.165) is 12.1 Å². The number of alkyl halides is 27. The molecule has 5 N–H and O–H groups in total. The van der Waals surface area contributed by atoms with Gasteiger partial charge in [0.05, 0.1) is 0 Å². The number of rotatable bonds is 9. The molecule has 13 nitrogen and oxygen atoms in total. The number of aliphatic hydroxyl groups is 1. The van der Waals surface area contributed by atoms with Crippen LogP contribution < -0.4 is 0 Å². The zero-order valence-electron chi connectivity index (χ0n) is 42.0. The largest absolute Gasteiger partial charge is 0.510 e. The Kier molecular flexibility index (Phi) is 25.6. The highest BCUT2D eigenvalue weighted by molar-refractivity contribution is 6.38. The zero-order chi connectivity index (χ0) is 66.9. The summed E-state index contributed by atoms with van der Waals surface area (Å²) in [5.41, 5.74) is -19.9. The summed E-state index contributed by atoms with van der Waals surface area (Å²) in [6.07, 6.45) is -53.9. The van der Waals surface area contributed by atoms with E-state index in [9.17, 15) is 138 Å². The van der Waals surface area contributed by atoms with Crippen LogP contribution in [0.4, 0.5) is 123 Å². The third kappa shape index (κ3) is 23.9. The number of carbonyl (C=O) groups is 4. The monoisotopic (exact) mass is 1270 g/mol. The topological polar surface area (TPSA) is 217 Å². The number of carbonyl (C=O) groups excluding carboxylic acids is 3. The van der Waals surface area contributed by atoms with Gasteiger partial charge in [0.2, 0.25) is 17.1 Å². The Morgan fingerprint density at radius 1 is 0.554 bits per heavy atom. The maximum absolute atomic E-state index is 13.5. The summed E-state index contributed by atoms with van der Waals surface area (Å²) >= 11 is 0. The number of aliphatic carboxylic acids is 1. The van der Waals surface area contributed by atoms with Crippen LogP contribution in [-0.2, 0) is 38.9 Å². The molecule has 0 saturated heterocycles. The van der Waals surface area contributed by atoms with Crippen LogP contribution >= 0.6 is 0 Å². The van der Waals surface area contributed by atoms with Crippen LogP contribution in [0.1, 0.15) is 71.9 Å². The summed E-state index contributed by atoms with van der Waals surface area (Å²) in [5.74, 6) is -8.22. The van der Waals surface area contributed by atoms with Gasteiger partial charge in [0.1, 0.15) is 11.2 Å².